The largest absolute Gasteiger partial charge is 0.493 e. The summed E-state index contributed by atoms with van der Waals surface area (Å²) in [7, 11) is 1.48. The van der Waals surface area contributed by atoms with Gasteiger partial charge in [0.15, 0.2) is 23.0 Å². The van der Waals surface area contributed by atoms with E-state index >= 15 is 0 Å². The summed E-state index contributed by atoms with van der Waals surface area (Å²) in [6.45, 7) is 2.97. The monoisotopic (exact) mass is 656 g/mol. The van der Waals surface area contributed by atoms with Crippen molar-refractivity contribution in [2.75, 3.05) is 13.7 Å². The van der Waals surface area contributed by atoms with Gasteiger partial charge in [-0.05, 0) is 82.0 Å². The average Bonchev–Trinajstić information content (AvgIpc) is 3.00. The summed E-state index contributed by atoms with van der Waals surface area (Å²) in [6, 6.07) is 22.9. The van der Waals surface area contributed by atoms with E-state index in [1.165, 1.54) is 19.4 Å². The van der Waals surface area contributed by atoms with Gasteiger partial charge in [0.1, 0.15) is 13.2 Å². The lowest BCUT2D eigenvalue weighted by molar-refractivity contribution is -0.137. The Labute approximate surface area is 255 Å². The Bertz CT molecular complexity index is 1580. The molecule has 0 aliphatic carbocycles. The molecule has 0 atom stereocenters. The third-order valence-corrected chi connectivity index (χ3v) is 6.60. The van der Waals surface area contributed by atoms with E-state index < -0.39 is 17.6 Å². The van der Waals surface area contributed by atoms with Crippen molar-refractivity contribution in [3.8, 4) is 23.0 Å². The molecule has 11 heteroatoms. The van der Waals surface area contributed by atoms with Crippen LogP contribution in [0.2, 0.25) is 0 Å². The molecule has 0 fully saturated rings. The number of halogens is 4. The number of hydrazone groups is 1. The second-order valence-electron chi connectivity index (χ2n) is 9.09. The molecule has 0 heterocycles. The van der Waals surface area contributed by atoms with Crippen LogP contribution in [0, 0.1) is 0 Å². The number of hydrogen-bond donors (Lipinski definition) is 1. The highest BCUT2D eigenvalue weighted by atomic mass is 79.9. The fourth-order valence-electron chi connectivity index (χ4n) is 3.94. The number of carbonyl (C=O) groups excluding carboxylic acids is 1. The first-order valence-electron chi connectivity index (χ1n) is 13.1. The minimum atomic E-state index is -4.56. The van der Waals surface area contributed by atoms with E-state index in [-0.39, 0.29) is 12.2 Å². The van der Waals surface area contributed by atoms with Gasteiger partial charge in [0.25, 0.3) is 5.91 Å². The molecule has 0 bridgehead atoms. The van der Waals surface area contributed by atoms with Crippen molar-refractivity contribution < 1.29 is 36.9 Å². The predicted octanol–water partition coefficient (Wildman–Crippen LogP) is 7.80. The fraction of sp³-hybridized carbons (Fsp3) is 0.188. The number of carbonyl (C=O) groups is 1. The van der Waals surface area contributed by atoms with Crippen molar-refractivity contribution in [1.82, 2.24) is 5.43 Å². The van der Waals surface area contributed by atoms with E-state index in [0.29, 0.717) is 46.2 Å². The first kappa shape index (κ1) is 31.4. The summed E-state index contributed by atoms with van der Waals surface area (Å²) in [5.41, 5.74) is 3.57. The van der Waals surface area contributed by atoms with Crippen LogP contribution in [0.15, 0.2) is 94.5 Å². The number of benzene rings is 4. The molecule has 0 aliphatic heterocycles. The zero-order valence-electron chi connectivity index (χ0n) is 23.3. The van der Waals surface area contributed by atoms with E-state index in [4.69, 9.17) is 18.9 Å². The number of methoxy groups -OCH3 is 1. The smallest absolute Gasteiger partial charge is 0.416 e. The van der Waals surface area contributed by atoms with Gasteiger partial charge in [-0.15, -0.1) is 0 Å². The number of nitrogens with zero attached hydrogens (tertiary/aromatic N) is 1. The van der Waals surface area contributed by atoms with Gasteiger partial charge in [0.05, 0.1) is 30.0 Å². The first-order valence-corrected chi connectivity index (χ1v) is 13.9. The zero-order chi connectivity index (χ0) is 30.8. The Morgan fingerprint density at radius 1 is 0.860 bits per heavy atom. The molecular weight excluding hydrogens is 629 g/mol. The maximum absolute atomic E-state index is 12.9. The van der Waals surface area contributed by atoms with Crippen LogP contribution >= 0.6 is 15.9 Å². The molecule has 4 rings (SSSR count). The second-order valence-corrected chi connectivity index (χ2v) is 9.94. The lowest BCUT2D eigenvalue weighted by atomic mass is 10.1. The first-order chi connectivity index (χ1) is 20.7. The van der Waals surface area contributed by atoms with Crippen molar-refractivity contribution in [3.63, 3.8) is 0 Å². The van der Waals surface area contributed by atoms with Gasteiger partial charge < -0.3 is 18.9 Å². The van der Waals surface area contributed by atoms with Gasteiger partial charge in [-0.1, -0.05) is 42.5 Å². The van der Waals surface area contributed by atoms with Crippen LogP contribution in [0.5, 0.6) is 23.0 Å². The molecule has 0 radical (unpaired) electrons. The van der Waals surface area contributed by atoms with Crippen LogP contribution in [0.25, 0.3) is 0 Å². The van der Waals surface area contributed by atoms with E-state index in [1.54, 1.807) is 12.1 Å². The lowest BCUT2D eigenvalue weighted by Crippen LogP contribution is -2.18. The minimum absolute atomic E-state index is 0.169. The van der Waals surface area contributed by atoms with Crippen LogP contribution in [0.1, 0.15) is 39.5 Å². The standard InChI is InChI=1S/C32H28BrF3N2O5/c1-3-41-28-15-22(12-13-27(28)42-19-21-8-5-4-6-9-21)20-43-30-26(33)14-23(16-29(30)40-2)18-37-38-31(39)24-10-7-11-25(17-24)32(34,35)36/h4-18H,3,19-20H2,1-2H3,(H,38,39)/b37-18+. The van der Waals surface area contributed by atoms with Crippen molar-refractivity contribution in [2.24, 2.45) is 5.10 Å². The summed E-state index contributed by atoms with van der Waals surface area (Å²) in [6.07, 6.45) is -3.22. The van der Waals surface area contributed by atoms with Crippen molar-refractivity contribution in [3.05, 3.63) is 117 Å². The van der Waals surface area contributed by atoms with Gasteiger partial charge in [-0.2, -0.15) is 18.3 Å². The van der Waals surface area contributed by atoms with E-state index in [0.717, 1.165) is 29.3 Å². The zero-order valence-corrected chi connectivity index (χ0v) is 24.9. The Kier molecular flexibility index (Phi) is 10.7. The SMILES string of the molecule is CCOc1cc(COc2c(Br)cc(/C=N/NC(=O)c3cccc(C(F)(F)F)c3)cc2OC)ccc1OCc1ccccc1. The summed E-state index contributed by atoms with van der Waals surface area (Å²) in [5.74, 6) is 1.28. The Morgan fingerprint density at radius 2 is 1.63 bits per heavy atom. The highest BCUT2D eigenvalue weighted by Gasteiger charge is 2.30. The molecule has 4 aromatic carbocycles. The Balaban J connectivity index is 1.41. The number of hydrogen-bond acceptors (Lipinski definition) is 6. The molecule has 0 aliphatic rings. The molecule has 224 valence electrons. The van der Waals surface area contributed by atoms with Crippen LogP contribution < -0.4 is 24.4 Å². The number of alkyl halides is 3. The highest BCUT2D eigenvalue weighted by Crippen LogP contribution is 2.37. The Hall–Kier alpha value is -4.51. The second kappa shape index (κ2) is 14.6. The van der Waals surface area contributed by atoms with Crippen LogP contribution in [0.4, 0.5) is 13.2 Å². The highest BCUT2D eigenvalue weighted by molar-refractivity contribution is 9.10. The summed E-state index contributed by atoms with van der Waals surface area (Å²) < 4.78 is 62.7. The molecule has 1 N–H and O–H groups in total. The number of ether oxygens (including phenoxy) is 4. The molecule has 4 aromatic rings. The van der Waals surface area contributed by atoms with E-state index in [1.807, 2.05) is 55.5 Å². The number of nitrogens with one attached hydrogen (secondary N) is 1. The van der Waals surface area contributed by atoms with Crippen molar-refractivity contribution in [2.45, 2.75) is 26.3 Å². The van der Waals surface area contributed by atoms with Crippen LogP contribution in [-0.4, -0.2) is 25.8 Å². The topological polar surface area (TPSA) is 78.4 Å². The van der Waals surface area contributed by atoms with Crippen LogP contribution in [-0.2, 0) is 19.4 Å². The summed E-state index contributed by atoms with van der Waals surface area (Å²) >= 11 is 3.48. The molecule has 0 saturated heterocycles. The number of amides is 1. The van der Waals surface area contributed by atoms with Crippen LogP contribution in [0.3, 0.4) is 0 Å². The molecule has 0 unspecified atom stereocenters. The normalized spacial score (nSPS) is 11.3. The fourth-order valence-corrected chi connectivity index (χ4v) is 4.52. The summed E-state index contributed by atoms with van der Waals surface area (Å²) in [5, 5.41) is 3.87. The number of rotatable bonds is 12. The molecule has 0 aromatic heterocycles. The van der Waals surface area contributed by atoms with Crippen molar-refractivity contribution >= 4 is 28.1 Å². The maximum atomic E-state index is 12.9. The van der Waals surface area contributed by atoms with Gasteiger partial charge in [0, 0.05) is 5.56 Å². The van der Waals surface area contributed by atoms with Gasteiger partial charge in [-0.3, -0.25) is 4.79 Å². The van der Waals surface area contributed by atoms with Gasteiger partial charge >= 0.3 is 6.18 Å². The molecular formula is C32H28BrF3N2O5. The summed E-state index contributed by atoms with van der Waals surface area (Å²) in [4.78, 5) is 12.3. The molecule has 0 saturated carbocycles. The molecule has 43 heavy (non-hydrogen) atoms. The third-order valence-electron chi connectivity index (χ3n) is 6.01. The Morgan fingerprint density at radius 3 is 2.35 bits per heavy atom. The lowest BCUT2D eigenvalue weighted by Gasteiger charge is -2.16. The molecule has 1 amide bonds. The average molecular weight is 657 g/mol. The van der Waals surface area contributed by atoms with Crippen molar-refractivity contribution in [1.29, 1.82) is 0 Å². The minimum Gasteiger partial charge on any atom is -0.493 e. The quantitative estimate of drug-likeness (QED) is 0.124. The predicted molar refractivity (Wildman–Crippen MR) is 160 cm³/mol. The van der Waals surface area contributed by atoms with Gasteiger partial charge in [0.2, 0.25) is 0 Å². The van der Waals surface area contributed by atoms with E-state index in [9.17, 15) is 18.0 Å². The molecule has 0 spiro atoms. The molecule has 7 nitrogen and oxygen atoms in total. The third kappa shape index (κ3) is 8.74. The maximum Gasteiger partial charge on any atom is 0.416 e. The van der Waals surface area contributed by atoms with E-state index in [2.05, 4.69) is 26.5 Å². The van der Waals surface area contributed by atoms with Gasteiger partial charge in [-0.25, -0.2) is 5.43 Å².